The van der Waals surface area contributed by atoms with Gasteiger partial charge in [0.15, 0.2) is 0 Å². The lowest BCUT2D eigenvalue weighted by Gasteiger charge is -2.25. The Labute approximate surface area is 188 Å². The Hall–Kier alpha value is -3.55. The van der Waals surface area contributed by atoms with Crippen LogP contribution in [0.1, 0.15) is 33.6 Å². The molecule has 2 aromatic rings. The molecular formula is C24H29N3O5. The highest BCUT2D eigenvalue weighted by Crippen LogP contribution is 2.30. The number of nitrogens with one attached hydrogen (secondary N) is 1. The molecule has 3 rings (SSSR count). The molecule has 2 aromatic carbocycles. The number of anilines is 2. The van der Waals surface area contributed by atoms with Crippen molar-refractivity contribution in [1.29, 1.82) is 0 Å². The van der Waals surface area contributed by atoms with Crippen molar-refractivity contribution in [2.24, 2.45) is 0 Å². The maximum atomic E-state index is 13.2. The Morgan fingerprint density at radius 1 is 1.03 bits per heavy atom. The molecule has 32 heavy (non-hydrogen) atoms. The summed E-state index contributed by atoms with van der Waals surface area (Å²) in [6.45, 7) is 6.30. The van der Waals surface area contributed by atoms with Crippen LogP contribution in [0.25, 0.3) is 0 Å². The summed E-state index contributed by atoms with van der Waals surface area (Å²) in [6, 6.07) is 12.2. The highest BCUT2D eigenvalue weighted by atomic mass is 16.5. The first-order valence-electron chi connectivity index (χ1n) is 10.7. The molecule has 1 atom stereocenters. The first kappa shape index (κ1) is 23.1. The third-order valence-corrected chi connectivity index (χ3v) is 5.13. The first-order valence-corrected chi connectivity index (χ1v) is 10.7. The Kier molecular flexibility index (Phi) is 7.35. The zero-order valence-electron chi connectivity index (χ0n) is 18.8. The zero-order valence-corrected chi connectivity index (χ0v) is 18.8. The second-order valence-electron chi connectivity index (χ2n) is 7.80. The molecule has 1 unspecified atom stereocenters. The number of amides is 4. The lowest BCUT2D eigenvalue weighted by molar-refractivity contribution is -0.124. The highest BCUT2D eigenvalue weighted by Gasteiger charge is 2.47. The van der Waals surface area contributed by atoms with E-state index in [1.54, 1.807) is 55.6 Å². The van der Waals surface area contributed by atoms with Crippen LogP contribution in [0.4, 0.5) is 16.2 Å². The topological polar surface area (TPSA) is 88.2 Å². The number of urea groups is 1. The molecule has 1 saturated heterocycles. The Morgan fingerprint density at radius 2 is 1.66 bits per heavy atom. The van der Waals surface area contributed by atoms with E-state index >= 15 is 0 Å². The summed E-state index contributed by atoms with van der Waals surface area (Å²) in [5, 5.41) is 2.80. The van der Waals surface area contributed by atoms with E-state index in [0.717, 1.165) is 17.1 Å². The zero-order chi connectivity index (χ0) is 23.3. The summed E-state index contributed by atoms with van der Waals surface area (Å²) in [6.07, 6.45) is 0.774. The first-order chi connectivity index (χ1) is 15.3. The van der Waals surface area contributed by atoms with Crippen molar-refractivity contribution in [3.05, 3.63) is 48.5 Å². The van der Waals surface area contributed by atoms with Crippen LogP contribution in [0.2, 0.25) is 0 Å². The van der Waals surface area contributed by atoms with Gasteiger partial charge in [-0.1, -0.05) is 6.92 Å². The lowest BCUT2D eigenvalue weighted by atomic mass is 10.1. The monoisotopic (exact) mass is 439 g/mol. The van der Waals surface area contributed by atoms with E-state index in [4.69, 9.17) is 9.47 Å². The molecule has 1 aliphatic heterocycles. The lowest BCUT2D eigenvalue weighted by Crippen LogP contribution is -2.42. The number of nitrogens with zero attached hydrogens (tertiary/aromatic N) is 2. The van der Waals surface area contributed by atoms with Crippen LogP contribution in [0.5, 0.6) is 11.5 Å². The van der Waals surface area contributed by atoms with Crippen LogP contribution in [-0.2, 0) is 9.59 Å². The summed E-state index contributed by atoms with van der Waals surface area (Å²) < 4.78 is 10.7. The standard InChI is InChI=1S/C24H29N3O5/c1-5-14-32-20-10-6-17(7-11-20)25-22(28)15-21-23(29)27(24(30)26(21)16(2)3)18-8-12-19(31-4)13-9-18/h6-13,16,21H,5,14-15H2,1-4H3,(H,25,28). The Balaban J connectivity index is 1.72. The second kappa shape index (κ2) is 10.2. The maximum absolute atomic E-state index is 13.2. The molecule has 8 nitrogen and oxygen atoms in total. The molecule has 8 heteroatoms. The molecule has 4 amide bonds. The van der Waals surface area contributed by atoms with E-state index in [0.29, 0.717) is 23.7 Å². The fraction of sp³-hybridized carbons (Fsp3) is 0.375. The summed E-state index contributed by atoms with van der Waals surface area (Å²) in [4.78, 5) is 41.5. The predicted molar refractivity (Wildman–Crippen MR) is 122 cm³/mol. The van der Waals surface area contributed by atoms with Gasteiger partial charge in [-0.3, -0.25) is 9.59 Å². The van der Waals surface area contributed by atoms with Gasteiger partial charge in [0.05, 0.1) is 25.8 Å². The fourth-order valence-corrected chi connectivity index (χ4v) is 3.59. The minimum Gasteiger partial charge on any atom is -0.497 e. The van der Waals surface area contributed by atoms with Crippen molar-refractivity contribution in [3.8, 4) is 11.5 Å². The van der Waals surface area contributed by atoms with Gasteiger partial charge < -0.3 is 19.7 Å². The maximum Gasteiger partial charge on any atom is 0.332 e. The van der Waals surface area contributed by atoms with Gasteiger partial charge in [-0.2, -0.15) is 0 Å². The van der Waals surface area contributed by atoms with Crippen LogP contribution in [-0.4, -0.2) is 48.5 Å². The SMILES string of the molecule is CCCOc1ccc(NC(=O)CC2C(=O)N(c3ccc(OC)cc3)C(=O)N2C(C)C)cc1. The van der Waals surface area contributed by atoms with Crippen molar-refractivity contribution in [1.82, 2.24) is 4.90 Å². The molecule has 0 aromatic heterocycles. The van der Waals surface area contributed by atoms with Gasteiger partial charge in [0.25, 0.3) is 5.91 Å². The number of benzene rings is 2. The summed E-state index contributed by atoms with van der Waals surface area (Å²) in [5.41, 5.74) is 1.04. The molecular weight excluding hydrogens is 410 g/mol. The van der Waals surface area contributed by atoms with Gasteiger partial charge in [-0.05, 0) is 68.8 Å². The van der Waals surface area contributed by atoms with E-state index in [-0.39, 0.29) is 18.4 Å². The molecule has 0 bridgehead atoms. The van der Waals surface area contributed by atoms with E-state index in [1.807, 2.05) is 20.8 Å². The van der Waals surface area contributed by atoms with Crippen LogP contribution in [0.15, 0.2) is 48.5 Å². The number of hydrogen-bond acceptors (Lipinski definition) is 5. The summed E-state index contributed by atoms with van der Waals surface area (Å²) in [7, 11) is 1.54. The minimum absolute atomic E-state index is 0.135. The van der Waals surface area contributed by atoms with E-state index < -0.39 is 18.0 Å². The van der Waals surface area contributed by atoms with E-state index in [9.17, 15) is 14.4 Å². The van der Waals surface area contributed by atoms with E-state index in [2.05, 4.69) is 5.32 Å². The van der Waals surface area contributed by atoms with Crippen molar-refractivity contribution in [2.75, 3.05) is 23.9 Å². The molecule has 0 radical (unpaired) electrons. The van der Waals surface area contributed by atoms with Crippen LogP contribution in [0.3, 0.4) is 0 Å². The van der Waals surface area contributed by atoms with Crippen LogP contribution in [0, 0.1) is 0 Å². The third-order valence-electron chi connectivity index (χ3n) is 5.13. The van der Waals surface area contributed by atoms with Gasteiger partial charge in [0.1, 0.15) is 17.5 Å². The molecule has 0 spiro atoms. The number of carbonyl (C=O) groups is 3. The van der Waals surface area contributed by atoms with Crippen molar-refractivity contribution >= 4 is 29.2 Å². The third kappa shape index (κ3) is 5.01. The largest absolute Gasteiger partial charge is 0.497 e. The van der Waals surface area contributed by atoms with Crippen LogP contribution >= 0.6 is 0 Å². The molecule has 1 N–H and O–H groups in total. The minimum atomic E-state index is -0.878. The fourth-order valence-electron chi connectivity index (χ4n) is 3.59. The molecule has 1 heterocycles. The van der Waals surface area contributed by atoms with Crippen molar-refractivity contribution in [2.45, 2.75) is 45.7 Å². The number of rotatable bonds is 9. The van der Waals surface area contributed by atoms with Gasteiger partial charge in [0.2, 0.25) is 5.91 Å². The average molecular weight is 440 g/mol. The molecule has 0 aliphatic carbocycles. The number of hydrogen-bond donors (Lipinski definition) is 1. The Bertz CT molecular complexity index is 957. The van der Waals surface area contributed by atoms with E-state index in [1.165, 1.54) is 4.90 Å². The smallest absolute Gasteiger partial charge is 0.332 e. The van der Waals surface area contributed by atoms with Crippen molar-refractivity contribution < 1.29 is 23.9 Å². The van der Waals surface area contributed by atoms with Crippen molar-refractivity contribution in [3.63, 3.8) is 0 Å². The Morgan fingerprint density at radius 3 is 2.22 bits per heavy atom. The molecule has 0 saturated carbocycles. The second-order valence-corrected chi connectivity index (χ2v) is 7.80. The van der Waals surface area contributed by atoms with Gasteiger partial charge in [-0.15, -0.1) is 0 Å². The summed E-state index contributed by atoms with van der Waals surface area (Å²) in [5.74, 6) is 0.575. The normalized spacial score (nSPS) is 16.0. The molecule has 170 valence electrons. The molecule has 1 aliphatic rings. The van der Waals surface area contributed by atoms with Crippen LogP contribution < -0.4 is 19.7 Å². The number of carbonyl (C=O) groups excluding carboxylic acids is 3. The predicted octanol–water partition coefficient (Wildman–Crippen LogP) is 4.06. The number of ether oxygens (including phenoxy) is 2. The average Bonchev–Trinajstić information content (AvgIpc) is 3.02. The number of methoxy groups -OCH3 is 1. The quantitative estimate of drug-likeness (QED) is 0.596. The summed E-state index contributed by atoms with van der Waals surface area (Å²) >= 11 is 0. The highest BCUT2D eigenvalue weighted by molar-refractivity contribution is 6.22. The van der Waals surface area contributed by atoms with Gasteiger partial charge >= 0.3 is 6.03 Å². The van der Waals surface area contributed by atoms with Gasteiger partial charge in [0, 0.05) is 11.7 Å². The van der Waals surface area contributed by atoms with Gasteiger partial charge in [-0.25, -0.2) is 9.69 Å². The molecule has 1 fully saturated rings. The number of imide groups is 1.